The monoisotopic (exact) mass is 260 g/mol. The Hall–Kier alpha value is -0.890. The predicted octanol–water partition coefficient (Wildman–Crippen LogP) is 3.96. The van der Waals surface area contributed by atoms with Crippen LogP contribution in [0, 0.1) is 5.41 Å². The maximum Gasteiger partial charge on any atom is 0.0419 e. The lowest BCUT2D eigenvalue weighted by Crippen LogP contribution is -2.45. The molecular formula is C17H28N2. The SMILES string of the molecule is CCCNC(Cc1ccccn1)C1(CC)CCCC1. The third-order valence-electron chi connectivity index (χ3n) is 4.82. The van der Waals surface area contributed by atoms with E-state index in [2.05, 4.69) is 36.3 Å². The van der Waals surface area contributed by atoms with Crippen molar-refractivity contribution >= 4 is 0 Å². The first-order valence-electron chi connectivity index (χ1n) is 7.94. The molecule has 0 bridgehead atoms. The third kappa shape index (κ3) is 3.56. The van der Waals surface area contributed by atoms with E-state index in [-0.39, 0.29) is 0 Å². The van der Waals surface area contributed by atoms with Crippen LogP contribution in [0.3, 0.4) is 0 Å². The highest BCUT2D eigenvalue weighted by atomic mass is 14.9. The van der Waals surface area contributed by atoms with Gasteiger partial charge in [0.25, 0.3) is 0 Å². The van der Waals surface area contributed by atoms with Crippen LogP contribution in [-0.2, 0) is 6.42 Å². The molecule has 0 aromatic carbocycles. The molecule has 2 rings (SSSR count). The minimum atomic E-state index is 0.507. The Morgan fingerprint density at radius 2 is 2.05 bits per heavy atom. The summed E-state index contributed by atoms with van der Waals surface area (Å²) in [5.74, 6) is 0. The number of rotatable bonds is 7. The lowest BCUT2D eigenvalue weighted by Gasteiger charge is -2.37. The lowest BCUT2D eigenvalue weighted by molar-refractivity contribution is 0.183. The van der Waals surface area contributed by atoms with Gasteiger partial charge in [-0.3, -0.25) is 4.98 Å². The molecule has 2 heteroatoms. The summed E-state index contributed by atoms with van der Waals surface area (Å²) in [6.45, 7) is 5.74. The zero-order valence-electron chi connectivity index (χ0n) is 12.5. The van der Waals surface area contributed by atoms with Crippen molar-refractivity contribution in [3.8, 4) is 0 Å². The maximum atomic E-state index is 4.52. The number of pyridine rings is 1. The first kappa shape index (κ1) is 14.5. The predicted molar refractivity (Wildman–Crippen MR) is 81.2 cm³/mol. The molecule has 1 aliphatic carbocycles. The van der Waals surface area contributed by atoms with E-state index in [0.717, 1.165) is 13.0 Å². The fourth-order valence-electron chi connectivity index (χ4n) is 3.58. The molecule has 0 aliphatic heterocycles. The largest absolute Gasteiger partial charge is 0.313 e. The number of nitrogens with one attached hydrogen (secondary N) is 1. The van der Waals surface area contributed by atoms with E-state index in [9.17, 15) is 0 Å². The second-order valence-corrected chi connectivity index (χ2v) is 5.95. The van der Waals surface area contributed by atoms with Crippen molar-refractivity contribution < 1.29 is 0 Å². The number of aromatic nitrogens is 1. The van der Waals surface area contributed by atoms with Crippen molar-refractivity contribution in [3.05, 3.63) is 30.1 Å². The Kier molecular flexibility index (Phi) is 5.38. The van der Waals surface area contributed by atoms with Crippen LogP contribution in [0.25, 0.3) is 0 Å². The Bertz CT molecular complexity index is 355. The minimum Gasteiger partial charge on any atom is -0.313 e. The molecule has 0 radical (unpaired) electrons. The second kappa shape index (κ2) is 7.04. The second-order valence-electron chi connectivity index (χ2n) is 5.95. The van der Waals surface area contributed by atoms with Gasteiger partial charge in [-0.15, -0.1) is 0 Å². The molecule has 1 N–H and O–H groups in total. The lowest BCUT2D eigenvalue weighted by atomic mass is 9.74. The van der Waals surface area contributed by atoms with Crippen molar-refractivity contribution in [3.63, 3.8) is 0 Å². The molecule has 1 unspecified atom stereocenters. The average Bonchev–Trinajstić information content (AvgIpc) is 2.94. The van der Waals surface area contributed by atoms with E-state index in [1.807, 2.05) is 12.3 Å². The fourth-order valence-corrected chi connectivity index (χ4v) is 3.58. The standard InChI is InChI=1S/C17H28N2/c1-3-12-19-16(14-15-9-5-8-13-18-15)17(4-2)10-6-7-11-17/h5,8-9,13,16,19H,3-4,6-7,10-12,14H2,1-2H3. The summed E-state index contributed by atoms with van der Waals surface area (Å²) >= 11 is 0. The molecular weight excluding hydrogens is 232 g/mol. The molecule has 0 spiro atoms. The van der Waals surface area contributed by atoms with Gasteiger partial charge in [-0.05, 0) is 49.8 Å². The van der Waals surface area contributed by atoms with Gasteiger partial charge in [0.15, 0.2) is 0 Å². The summed E-state index contributed by atoms with van der Waals surface area (Å²) in [4.78, 5) is 4.52. The van der Waals surface area contributed by atoms with Gasteiger partial charge >= 0.3 is 0 Å². The molecule has 0 amide bonds. The highest BCUT2D eigenvalue weighted by Crippen LogP contribution is 2.44. The van der Waals surface area contributed by atoms with Gasteiger partial charge in [-0.2, -0.15) is 0 Å². The number of hydrogen-bond donors (Lipinski definition) is 1. The van der Waals surface area contributed by atoms with E-state index in [0.29, 0.717) is 11.5 Å². The fraction of sp³-hybridized carbons (Fsp3) is 0.706. The van der Waals surface area contributed by atoms with Crippen molar-refractivity contribution in [2.24, 2.45) is 5.41 Å². The molecule has 0 saturated heterocycles. The van der Waals surface area contributed by atoms with Gasteiger partial charge in [0, 0.05) is 24.4 Å². The van der Waals surface area contributed by atoms with Crippen LogP contribution in [0.5, 0.6) is 0 Å². The summed E-state index contributed by atoms with van der Waals surface area (Å²) in [6.07, 6.45) is 11.1. The van der Waals surface area contributed by atoms with Gasteiger partial charge < -0.3 is 5.32 Å². The summed E-state index contributed by atoms with van der Waals surface area (Å²) in [5, 5.41) is 3.81. The first-order chi connectivity index (χ1) is 9.30. The van der Waals surface area contributed by atoms with Gasteiger partial charge in [-0.1, -0.05) is 32.8 Å². The van der Waals surface area contributed by atoms with Gasteiger partial charge in [0.1, 0.15) is 0 Å². The first-order valence-corrected chi connectivity index (χ1v) is 7.94. The quantitative estimate of drug-likeness (QED) is 0.802. The van der Waals surface area contributed by atoms with Gasteiger partial charge in [0.05, 0.1) is 0 Å². The average molecular weight is 260 g/mol. The molecule has 1 aromatic heterocycles. The Morgan fingerprint density at radius 3 is 2.63 bits per heavy atom. The zero-order chi connectivity index (χ0) is 13.6. The van der Waals surface area contributed by atoms with Crippen molar-refractivity contribution in [2.75, 3.05) is 6.54 Å². The molecule has 1 atom stereocenters. The summed E-state index contributed by atoms with van der Waals surface area (Å²) < 4.78 is 0. The van der Waals surface area contributed by atoms with Crippen LogP contribution in [0.15, 0.2) is 24.4 Å². The number of nitrogens with zero attached hydrogens (tertiary/aromatic N) is 1. The van der Waals surface area contributed by atoms with Crippen LogP contribution in [0.2, 0.25) is 0 Å². The molecule has 106 valence electrons. The summed E-state index contributed by atoms with van der Waals surface area (Å²) in [5.41, 5.74) is 1.74. The van der Waals surface area contributed by atoms with E-state index in [1.165, 1.54) is 44.2 Å². The van der Waals surface area contributed by atoms with Gasteiger partial charge in [0.2, 0.25) is 0 Å². The van der Waals surface area contributed by atoms with Crippen LogP contribution >= 0.6 is 0 Å². The van der Waals surface area contributed by atoms with Crippen LogP contribution in [-0.4, -0.2) is 17.6 Å². The highest BCUT2D eigenvalue weighted by Gasteiger charge is 2.39. The third-order valence-corrected chi connectivity index (χ3v) is 4.82. The Morgan fingerprint density at radius 1 is 1.26 bits per heavy atom. The number of hydrogen-bond acceptors (Lipinski definition) is 2. The smallest absolute Gasteiger partial charge is 0.0419 e. The van der Waals surface area contributed by atoms with E-state index in [4.69, 9.17) is 0 Å². The van der Waals surface area contributed by atoms with Crippen LogP contribution in [0.4, 0.5) is 0 Å². The molecule has 1 saturated carbocycles. The molecule has 1 heterocycles. The molecule has 1 aliphatic rings. The molecule has 19 heavy (non-hydrogen) atoms. The summed E-state index contributed by atoms with van der Waals surface area (Å²) in [6, 6.07) is 6.86. The van der Waals surface area contributed by atoms with Crippen molar-refractivity contribution in [2.45, 2.75) is 64.8 Å². The Balaban J connectivity index is 2.10. The van der Waals surface area contributed by atoms with Gasteiger partial charge in [-0.25, -0.2) is 0 Å². The van der Waals surface area contributed by atoms with E-state index >= 15 is 0 Å². The molecule has 2 nitrogen and oxygen atoms in total. The topological polar surface area (TPSA) is 24.9 Å². The van der Waals surface area contributed by atoms with E-state index in [1.54, 1.807) is 0 Å². The summed E-state index contributed by atoms with van der Waals surface area (Å²) in [7, 11) is 0. The van der Waals surface area contributed by atoms with E-state index < -0.39 is 0 Å². The minimum absolute atomic E-state index is 0.507. The highest BCUT2D eigenvalue weighted by molar-refractivity contribution is 5.08. The zero-order valence-corrected chi connectivity index (χ0v) is 12.5. The molecule has 1 fully saturated rings. The maximum absolute atomic E-state index is 4.52. The van der Waals surface area contributed by atoms with Crippen molar-refractivity contribution in [1.82, 2.24) is 10.3 Å². The normalized spacial score (nSPS) is 19.5. The van der Waals surface area contributed by atoms with Crippen LogP contribution < -0.4 is 5.32 Å². The molecule has 1 aromatic rings. The Labute approximate surface area is 118 Å². The van der Waals surface area contributed by atoms with Crippen molar-refractivity contribution in [1.29, 1.82) is 0 Å². The van der Waals surface area contributed by atoms with Crippen LogP contribution in [0.1, 0.15) is 58.1 Å².